The Balaban J connectivity index is 0.968. The zero-order valence-corrected chi connectivity index (χ0v) is 33.5. The molecule has 0 amide bonds. The molecule has 0 N–H and O–H groups in total. The number of rotatable bonds is 4. The van der Waals surface area contributed by atoms with E-state index >= 15 is 0 Å². The van der Waals surface area contributed by atoms with Gasteiger partial charge in [0.1, 0.15) is 0 Å². The van der Waals surface area contributed by atoms with E-state index in [1.807, 2.05) is 11.3 Å². The first-order chi connectivity index (χ1) is 27.9. The molecule has 6 aliphatic rings. The van der Waals surface area contributed by atoms with Crippen molar-refractivity contribution in [3.8, 4) is 33.4 Å². The Morgan fingerprint density at radius 2 is 1.02 bits per heavy atom. The van der Waals surface area contributed by atoms with Gasteiger partial charge >= 0.3 is 0 Å². The van der Waals surface area contributed by atoms with Gasteiger partial charge < -0.3 is 4.90 Å². The van der Waals surface area contributed by atoms with E-state index in [2.05, 4.69) is 170 Å². The summed E-state index contributed by atoms with van der Waals surface area (Å²) in [6.07, 6.45) is 7.11. The minimum atomic E-state index is -0.0787. The molecule has 1 nitrogen and oxygen atoms in total. The highest BCUT2D eigenvalue weighted by molar-refractivity contribution is 7.25. The predicted molar refractivity (Wildman–Crippen MR) is 240 cm³/mol. The Morgan fingerprint density at radius 1 is 0.439 bits per heavy atom. The Morgan fingerprint density at radius 3 is 1.81 bits per heavy atom. The largest absolute Gasteiger partial charge is 0.310 e. The van der Waals surface area contributed by atoms with Crippen LogP contribution < -0.4 is 4.90 Å². The standard InChI is InChI=1S/C55H45NS/c1-54(2)48-12-6-3-9-42(48)44-22-20-41(32-51(44)54)56(39-18-15-35(16-19-39)36-17-24-53-47(30-36)45-11-5-8-14-52(45)57-53)40-21-23-50-46(31-40)43-10-4-7-13-49(43)55(50)37-26-33-25-34(28-37)29-38(55)27-33/h3-24,30-34,37-38H,25-29H2,1-2H3. The number of hydrogen-bond acceptors (Lipinski definition) is 2. The summed E-state index contributed by atoms with van der Waals surface area (Å²) in [4.78, 5) is 2.53. The molecule has 0 radical (unpaired) electrons. The minimum Gasteiger partial charge on any atom is -0.310 e. The second kappa shape index (κ2) is 11.6. The molecule has 57 heavy (non-hydrogen) atoms. The van der Waals surface area contributed by atoms with E-state index in [0.717, 1.165) is 23.7 Å². The lowest BCUT2D eigenvalue weighted by Crippen LogP contribution is -2.55. The number of hydrogen-bond donors (Lipinski definition) is 0. The molecule has 14 rings (SSSR count). The zero-order chi connectivity index (χ0) is 37.6. The van der Waals surface area contributed by atoms with Gasteiger partial charge in [-0.15, -0.1) is 11.3 Å². The third kappa shape index (κ3) is 4.40. The van der Waals surface area contributed by atoms with Crippen molar-refractivity contribution in [2.75, 3.05) is 4.90 Å². The number of anilines is 3. The van der Waals surface area contributed by atoms with Gasteiger partial charge in [0.15, 0.2) is 0 Å². The van der Waals surface area contributed by atoms with Crippen molar-refractivity contribution in [1.82, 2.24) is 0 Å². The van der Waals surface area contributed by atoms with E-state index in [0.29, 0.717) is 0 Å². The fourth-order valence-corrected chi connectivity index (χ4v) is 14.4. The highest BCUT2D eigenvalue weighted by Gasteiger charge is 2.61. The summed E-state index contributed by atoms with van der Waals surface area (Å²) >= 11 is 1.88. The number of thiophene rings is 1. The lowest BCUT2D eigenvalue weighted by Gasteiger charge is -2.61. The Kier molecular flexibility index (Phi) is 6.63. The Labute approximate surface area is 339 Å². The van der Waals surface area contributed by atoms with E-state index < -0.39 is 0 Å². The molecule has 4 fully saturated rings. The number of nitrogens with zero attached hydrogens (tertiary/aromatic N) is 1. The van der Waals surface area contributed by atoms with Crippen LogP contribution in [-0.4, -0.2) is 0 Å². The topological polar surface area (TPSA) is 3.24 Å². The third-order valence-corrected chi connectivity index (χ3v) is 16.6. The molecule has 1 spiro atoms. The second-order valence-electron chi connectivity index (χ2n) is 18.5. The molecule has 276 valence electrons. The molecule has 1 heterocycles. The van der Waals surface area contributed by atoms with Crippen LogP contribution in [0.2, 0.25) is 0 Å². The summed E-state index contributed by atoms with van der Waals surface area (Å²) in [6, 6.07) is 58.5. The highest BCUT2D eigenvalue weighted by atomic mass is 32.1. The van der Waals surface area contributed by atoms with E-state index in [1.54, 1.807) is 11.1 Å². The molecule has 8 aromatic rings. The minimum absolute atomic E-state index is 0.0787. The predicted octanol–water partition coefficient (Wildman–Crippen LogP) is 15.2. The maximum Gasteiger partial charge on any atom is 0.0468 e. The third-order valence-electron chi connectivity index (χ3n) is 15.5. The molecule has 0 unspecified atom stereocenters. The molecule has 1 aromatic heterocycles. The van der Waals surface area contributed by atoms with Crippen LogP contribution >= 0.6 is 11.3 Å². The van der Waals surface area contributed by atoms with Crippen LogP contribution in [-0.2, 0) is 10.8 Å². The van der Waals surface area contributed by atoms with Crippen LogP contribution in [0.4, 0.5) is 17.1 Å². The number of fused-ring (bicyclic) bond motifs is 9. The molecule has 7 aromatic carbocycles. The van der Waals surface area contributed by atoms with Crippen LogP contribution in [0.3, 0.4) is 0 Å². The van der Waals surface area contributed by atoms with Gasteiger partial charge in [-0.1, -0.05) is 111 Å². The maximum absolute atomic E-state index is 2.57. The van der Waals surface area contributed by atoms with E-state index in [-0.39, 0.29) is 10.8 Å². The summed E-state index contributed by atoms with van der Waals surface area (Å²) in [5, 5.41) is 2.69. The van der Waals surface area contributed by atoms with Crippen molar-refractivity contribution < 1.29 is 0 Å². The van der Waals surface area contributed by atoms with Gasteiger partial charge in [0.05, 0.1) is 0 Å². The lowest BCUT2D eigenvalue weighted by molar-refractivity contribution is -0.0399. The van der Waals surface area contributed by atoms with Gasteiger partial charge in [0.2, 0.25) is 0 Å². The molecule has 0 aliphatic heterocycles. The molecule has 4 bridgehead atoms. The summed E-state index contributed by atoms with van der Waals surface area (Å²) in [5.41, 5.74) is 17.9. The van der Waals surface area contributed by atoms with Gasteiger partial charge in [-0.05, 0) is 166 Å². The van der Waals surface area contributed by atoms with Crippen molar-refractivity contribution in [3.05, 3.63) is 174 Å². The van der Waals surface area contributed by atoms with Crippen molar-refractivity contribution in [3.63, 3.8) is 0 Å². The van der Waals surface area contributed by atoms with Gasteiger partial charge in [0, 0.05) is 48.1 Å². The van der Waals surface area contributed by atoms with Crippen molar-refractivity contribution in [2.45, 2.75) is 56.8 Å². The van der Waals surface area contributed by atoms with Crippen molar-refractivity contribution in [2.24, 2.45) is 23.7 Å². The fraction of sp³-hybridized carbons (Fsp3) is 0.236. The Bertz CT molecular complexity index is 2930. The Hall–Kier alpha value is -5.44. The van der Waals surface area contributed by atoms with Crippen molar-refractivity contribution >= 4 is 48.6 Å². The average molecular weight is 752 g/mol. The maximum atomic E-state index is 2.57. The van der Waals surface area contributed by atoms with Crippen LogP contribution in [0.15, 0.2) is 152 Å². The summed E-state index contributed by atoms with van der Waals surface area (Å²) in [5.74, 6) is 3.40. The molecular weight excluding hydrogens is 707 g/mol. The molecule has 6 aliphatic carbocycles. The van der Waals surface area contributed by atoms with Crippen molar-refractivity contribution in [1.29, 1.82) is 0 Å². The molecule has 0 saturated heterocycles. The number of benzene rings is 7. The van der Waals surface area contributed by atoms with Gasteiger partial charge in [-0.3, -0.25) is 0 Å². The first-order valence-electron chi connectivity index (χ1n) is 21.3. The molecule has 0 atom stereocenters. The van der Waals surface area contributed by atoms with E-state index in [1.165, 1.54) is 114 Å². The van der Waals surface area contributed by atoms with Crippen LogP contribution in [0.1, 0.15) is 68.2 Å². The molecule has 4 saturated carbocycles. The van der Waals surface area contributed by atoms with Crippen LogP contribution in [0.25, 0.3) is 53.6 Å². The van der Waals surface area contributed by atoms with E-state index in [9.17, 15) is 0 Å². The van der Waals surface area contributed by atoms with Gasteiger partial charge in [0.25, 0.3) is 0 Å². The normalized spacial score (nSPS) is 24.2. The van der Waals surface area contributed by atoms with Gasteiger partial charge in [-0.25, -0.2) is 0 Å². The molecular formula is C55H45NS. The summed E-state index contributed by atoms with van der Waals surface area (Å²) in [6.45, 7) is 4.79. The first kappa shape index (κ1) is 32.6. The average Bonchev–Trinajstić information content (AvgIpc) is 3.84. The molecule has 2 heteroatoms. The van der Waals surface area contributed by atoms with E-state index in [4.69, 9.17) is 0 Å². The zero-order valence-electron chi connectivity index (χ0n) is 32.6. The van der Waals surface area contributed by atoms with Crippen LogP contribution in [0, 0.1) is 23.7 Å². The monoisotopic (exact) mass is 751 g/mol. The SMILES string of the molecule is CC1(C)c2ccccc2-c2ccc(N(c3ccc(-c4ccc5sc6ccccc6c5c4)cc3)c3ccc4c(c3)-c3ccccc3C43C4CC5CC(C4)CC3C5)cc21. The summed E-state index contributed by atoms with van der Waals surface area (Å²) < 4.78 is 2.69. The van der Waals surface area contributed by atoms with Gasteiger partial charge in [-0.2, -0.15) is 0 Å². The first-order valence-corrected chi connectivity index (χ1v) is 22.1. The quantitative estimate of drug-likeness (QED) is 0.173. The smallest absolute Gasteiger partial charge is 0.0468 e. The lowest BCUT2D eigenvalue weighted by atomic mass is 9.43. The van der Waals surface area contributed by atoms with Crippen LogP contribution in [0.5, 0.6) is 0 Å². The second-order valence-corrected chi connectivity index (χ2v) is 19.6. The summed E-state index contributed by atoms with van der Waals surface area (Å²) in [7, 11) is 0. The fourth-order valence-electron chi connectivity index (χ4n) is 13.3. The highest BCUT2D eigenvalue weighted by Crippen LogP contribution is 2.69.